The van der Waals surface area contributed by atoms with Crippen molar-refractivity contribution >= 4 is 17.2 Å². The van der Waals surface area contributed by atoms with E-state index in [1.807, 2.05) is 0 Å². The number of benzene rings is 1. The maximum absolute atomic E-state index is 5.57. The highest BCUT2D eigenvalue weighted by Crippen LogP contribution is 2.27. The van der Waals surface area contributed by atoms with Crippen LogP contribution in [0.5, 0.6) is 11.5 Å². The predicted molar refractivity (Wildman–Crippen MR) is 77.1 cm³/mol. The molecule has 5 nitrogen and oxygen atoms in total. The summed E-state index contributed by atoms with van der Waals surface area (Å²) in [5.41, 5.74) is 6.30. The van der Waals surface area contributed by atoms with E-state index in [4.69, 9.17) is 36.9 Å². The molecule has 6 heteroatoms. The molecular weight excluding hydrogens is 266 g/mol. The summed E-state index contributed by atoms with van der Waals surface area (Å²) >= 11 is 4.91. The molecule has 106 valence electrons. The molecule has 0 unspecified atom stereocenters. The van der Waals surface area contributed by atoms with Crippen molar-refractivity contribution in [3.63, 3.8) is 0 Å². The summed E-state index contributed by atoms with van der Waals surface area (Å²) in [4.78, 5) is 0.327. The molecule has 0 saturated heterocycles. The molecule has 0 radical (unpaired) electrons. The Labute approximate surface area is 118 Å². The van der Waals surface area contributed by atoms with Gasteiger partial charge in [0, 0.05) is 12.7 Å². The van der Waals surface area contributed by atoms with Gasteiger partial charge in [-0.3, -0.25) is 0 Å². The molecule has 0 aromatic heterocycles. The molecule has 2 N–H and O–H groups in total. The highest BCUT2D eigenvalue weighted by Gasteiger charge is 2.07. The van der Waals surface area contributed by atoms with E-state index in [1.54, 1.807) is 32.4 Å². The van der Waals surface area contributed by atoms with Crippen molar-refractivity contribution in [2.24, 2.45) is 5.73 Å². The summed E-state index contributed by atoms with van der Waals surface area (Å²) in [7, 11) is 3.20. The number of methoxy groups -OCH3 is 2. The highest BCUT2D eigenvalue weighted by molar-refractivity contribution is 7.80. The van der Waals surface area contributed by atoms with Crippen LogP contribution in [0.4, 0.5) is 0 Å². The van der Waals surface area contributed by atoms with Crippen LogP contribution in [0, 0.1) is 0 Å². The predicted octanol–water partition coefficient (Wildman–Crippen LogP) is 1.37. The Morgan fingerprint density at radius 1 is 1.11 bits per heavy atom. The minimum atomic E-state index is 0.327. The van der Waals surface area contributed by atoms with Crippen LogP contribution in [0.1, 0.15) is 5.56 Å². The van der Waals surface area contributed by atoms with E-state index in [-0.39, 0.29) is 0 Å². The topological polar surface area (TPSA) is 62.9 Å². The molecule has 0 saturated carbocycles. The van der Waals surface area contributed by atoms with E-state index in [0.29, 0.717) is 42.9 Å². The third-order valence-corrected chi connectivity index (χ3v) is 2.60. The Hall–Kier alpha value is -1.37. The van der Waals surface area contributed by atoms with E-state index in [1.165, 1.54) is 0 Å². The van der Waals surface area contributed by atoms with Gasteiger partial charge >= 0.3 is 0 Å². The van der Waals surface area contributed by atoms with E-state index in [9.17, 15) is 0 Å². The smallest absolute Gasteiger partial charge is 0.161 e. The van der Waals surface area contributed by atoms with Crippen LogP contribution in [-0.2, 0) is 9.47 Å². The molecule has 19 heavy (non-hydrogen) atoms. The van der Waals surface area contributed by atoms with Gasteiger partial charge in [0.1, 0.15) is 11.6 Å². The lowest BCUT2D eigenvalue weighted by molar-refractivity contribution is 0.0540. The SMILES string of the molecule is COCCOCCOc1ccc(C(N)=S)cc1OC. The number of ether oxygens (including phenoxy) is 4. The van der Waals surface area contributed by atoms with Crippen LogP contribution < -0.4 is 15.2 Å². The van der Waals surface area contributed by atoms with E-state index < -0.39 is 0 Å². The zero-order valence-corrected chi connectivity index (χ0v) is 12.0. The lowest BCUT2D eigenvalue weighted by atomic mass is 10.2. The second-order valence-corrected chi connectivity index (χ2v) is 4.12. The molecule has 1 rings (SSSR count). The number of hydrogen-bond donors (Lipinski definition) is 1. The molecule has 1 aromatic carbocycles. The minimum absolute atomic E-state index is 0.327. The van der Waals surface area contributed by atoms with Crippen LogP contribution >= 0.6 is 12.2 Å². The van der Waals surface area contributed by atoms with Crippen molar-refractivity contribution in [3.05, 3.63) is 23.8 Å². The zero-order chi connectivity index (χ0) is 14.1. The number of nitrogens with two attached hydrogens (primary N) is 1. The Bertz CT molecular complexity index is 412. The third kappa shape index (κ3) is 5.42. The second-order valence-electron chi connectivity index (χ2n) is 3.68. The second kappa shape index (κ2) is 8.68. The van der Waals surface area contributed by atoms with Gasteiger partial charge in [0.05, 0.1) is 26.9 Å². The van der Waals surface area contributed by atoms with Gasteiger partial charge in [-0.2, -0.15) is 0 Å². The third-order valence-electron chi connectivity index (χ3n) is 2.37. The van der Waals surface area contributed by atoms with E-state index >= 15 is 0 Å². The van der Waals surface area contributed by atoms with Crippen molar-refractivity contribution in [1.82, 2.24) is 0 Å². The standard InChI is InChI=1S/C13H19NO4S/c1-15-5-6-17-7-8-18-11-4-3-10(13(14)19)9-12(11)16-2/h3-4,9H,5-8H2,1-2H3,(H2,14,19). The molecule has 0 heterocycles. The molecule has 0 fully saturated rings. The van der Waals surface area contributed by atoms with Gasteiger partial charge in [-0.15, -0.1) is 0 Å². The first-order chi connectivity index (χ1) is 9.19. The monoisotopic (exact) mass is 285 g/mol. The molecule has 0 atom stereocenters. The lowest BCUT2D eigenvalue weighted by Crippen LogP contribution is -2.12. The van der Waals surface area contributed by atoms with Gasteiger partial charge in [-0.25, -0.2) is 0 Å². The van der Waals surface area contributed by atoms with Gasteiger partial charge in [-0.1, -0.05) is 12.2 Å². The first kappa shape index (κ1) is 15.7. The van der Waals surface area contributed by atoms with Gasteiger partial charge in [0.2, 0.25) is 0 Å². The lowest BCUT2D eigenvalue weighted by Gasteiger charge is -2.12. The summed E-state index contributed by atoms with van der Waals surface area (Å²) in [6, 6.07) is 5.33. The molecule has 0 amide bonds. The highest BCUT2D eigenvalue weighted by atomic mass is 32.1. The normalized spacial score (nSPS) is 10.2. The molecule has 0 spiro atoms. The Morgan fingerprint density at radius 3 is 2.47 bits per heavy atom. The first-order valence-corrected chi connectivity index (χ1v) is 6.27. The maximum atomic E-state index is 5.57. The molecule has 0 aliphatic carbocycles. The Balaban J connectivity index is 2.47. The molecule has 0 bridgehead atoms. The van der Waals surface area contributed by atoms with Gasteiger partial charge < -0.3 is 24.7 Å². The summed E-state index contributed by atoms with van der Waals surface area (Å²) in [6.45, 7) is 2.05. The minimum Gasteiger partial charge on any atom is -0.493 e. The van der Waals surface area contributed by atoms with Crippen LogP contribution in [0.15, 0.2) is 18.2 Å². The van der Waals surface area contributed by atoms with Gasteiger partial charge in [0.25, 0.3) is 0 Å². The summed E-state index contributed by atoms with van der Waals surface area (Å²) in [6.07, 6.45) is 0. The van der Waals surface area contributed by atoms with E-state index in [0.717, 1.165) is 5.56 Å². The van der Waals surface area contributed by atoms with Crippen molar-refractivity contribution < 1.29 is 18.9 Å². The van der Waals surface area contributed by atoms with Gasteiger partial charge in [-0.05, 0) is 18.2 Å². The number of thiocarbonyl (C=S) groups is 1. The van der Waals surface area contributed by atoms with Crippen molar-refractivity contribution in [1.29, 1.82) is 0 Å². The van der Waals surface area contributed by atoms with Crippen LogP contribution in [0.25, 0.3) is 0 Å². The van der Waals surface area contributed by atoms with Crippen LogP contribution in [-0.4, -0.2) is 45.6 Å². The number of rotatable bonds is 9. The summed E-state index contributed by atoms with van der Waals surface area (Å²) in [5, 5.41) is 0. The quantitative estimate of drug-likeness (QED) is 0.546. The Morgan fingerprint density at radius 2 is 1.84 bits per heavy atom. The van der Waals surface area contributed by atoms with Crippen LogP contribution in [0.3, 0.4) is 0 Å². The summed E-state index contributed by atoms with van der Waals surface area (Å²) < 4.78 is 21.0. The average Bonchev–Trinajstić information content (AvgIpc) is 2.42. The Kier molecular flexibility index (Phi) is 7.17. The van der Waals surface area contributed by atoms with Crippen molar-refractivity contribution in [2.75, 3.05) is 40.6 Å². The van der Waals surface area contributed by atoms with Crippen molar-refractivity contribution in [2.45, 2.75) is 0 Å². The fourth-order valence-corrected chi connectivity index (χ4v) is 1.52. The fourth-order valence-electron chi connectivity index (χ4n) is 1.39. The van der Waals surface area contributed by atoms with Gasteiger partial charge in [0.15, 0.2) is 11.5 Å². The van der Waals surface area contributed by atoms with E-state index in [2.05, 4.69) is 0 Å². The largest absolute Gasteiger partial charge is 0.493 e. The van der Waals surface area contributed by atoms with Crippen LogP contribution in [0.2, 0.25) is 0 Å². The molecule has 0 aliphatic rings. The fraction of sp³-hybridized carbons (Fsp3) is 0.462. The average molecular weight is 285 g/mol. The van der Waals surface area contributed by atoms with Crippen molar-refractivity contribution in [3.8, 4) is 11.5 Å². The molecular formula is C13H19NO4S. The molecule has 0 aliphatic heterocycles. The summed E-state index contributed by atoms with van der Waals surface area (Å²) in [5.74, 6) is 1.24. The molecule has 1 aromatic rings. The zero-order valence-electron chi connectivity index (χ0n) is 11.2. The first-order valence-electron chi connectivity index (χ1n) is 5.86. The number of hydrogen-bond acceptors (Lipinski definition) is 5. The maximum Gasteiger partial charge on any atom is 0.161 e.